The molecular weight excluding hydrogens is 628 g/mol. The lowest BCUT2D eigenvalue weighted by molar-refractivity contribution is -0.130. The van der Waals surface area contributed by atoms with Crippen LogP contribution in [0.25, 0.3) is 0 Å². The highest BCUT2D eigenvalue weighted by atomic mass is 16.2. The van der Waals surface area contributed by atoms with Gasteiger partial charge in [-0.15, -0.1) is 0 Å². The fourth-order valence-electron chi connectivity index (χ4n) is 5.82. The second-order valence-electron chi connectivity index (χ2n) is 14.2. The van der Waals surface area contributed by atoms with E-state index in [2.05, 4.69) is 21.3 Å². The van der Waals surface area contributed by atoms with E-state index in [1.165, 1.54) is 25.7 Å². The number of rotatable bonds is 25. The van der Waals surface area contributed by atoms with Gasteiger partial charge in [0.05, 0.1) is 12.1 Å². The van der Waals surface area contributed by atoms with E-state index in [0.29, 0.717) is 25.9 Å². The van der Waals surface area contributed by atoms with Gasteiger partial charge in [-0.3, -0.25) is 19.2 Å². The average Bonchev–Trinajstić information content (AvgIpc) is 3.09. The molecule has 278 valence electrons. The van der Waals surface area contributed by atoms with Crippen LogP contribution in [0.1, 0.15) is 103 Å². The van der Waals surface area contributed by atoms with E-state index in [1.54, 1.807) is 0 Å². The summed E-state index contributed by atoms with van der Waals surface area (Å²) in [4.78, 5) is 50.9. The van der Waals surface area contributed by atoms with Gasteiger partial charge in [-0.1, -0.05) is 140 Å². The third kappa shape index (κ3) is 17.3. The number of nitrogens with one attached hydrogen (secondary N) is 4. The van der Waals surface area contributed by atoms with E-state index in [-0.39, 0.29) is 35.5 Å². The molecule has 4 atom stereocenters. The van der Waals surface area contributed by atoms with Crippen molar-refractivity contribution < 1.29 is 19.2 Å². The monoisotopic (exact) mass is 692 g/mol. The summed E-state index contributed by atoms with van der Waals surface area (Å²) < 4.78 is 0. The highest BCUT2D eigenvalue weighted by molar-refractivity contribution is 5.90. The van der Waals surface area contributed by atoms with Gasteiger partial charge >= 0.3 is 0 Å². The summed E-state index contributed by atoms with van der Waals surface area (Å²) in [6.45, 7) is 8.87. The fraction of sp³-hybridized carbons (Fsp3) is 0.600. The SMILES string of the molecule is CC(C)[C@H](NC(=O)[C@@H](N)Cc1ccccc1)C(=O)NCCCCCCCCCCCCNC(=O)[C@@H](NC(=O)[C@@H](N)Cc1ccccc1)C(C)C. The lowest BCUT2D eigenvalue weighted by Crippen LogP contribution is -2.54. The van der Waals surface area contributed by atoms with Gasteiger partial charge in [0.25, 0.3) is 0 Å². The molecule has 10 nitrogen and oxygen atoms in total. The summed E-state index contributed by atoms with van der Waals surface area (Å²) in [5.41, 5.74) is 14.2. The molecule has 10 heteroatoms. The second kappa shape index (κ2) is 24.4. The molecule has 0 fully saturated rings. The Hall–Kier alpha value is -3.76. The average molecular weight is 693 g/mol. The number of carbonyl (C=O) groups is 4. The van der Waals surface area contributed by atoms with E-state index < -0.39 is 24.2 Å². The number of nitrogens with two attached hydrogens (primary N) is 2. The van der Waals surface area contributed by atoms with E-state index in [9.17, 15) is 19.2 Å². The van der Waals surface area contributed by atoms with Crippen LogP contribution in [0.4, 0.5) is 0 Å². The highest BCUT2D eigenvalue weighted by Crippen LogP contribution is 2.11. The van der Waals surface area contributed by atoms with Crippen molar-refractivity contribution in [2.75, 3.05) is 13.1 Å². The number of carbonyl (C=O) groups excluding carboxylic acids is 4. The minimum absolute atomic E-state index is 0.0476. The predicted molar refractivity (Wildman–Crippen MR) is 202 cm³/mol. The Morgan fingerprint density at radius 2 is 0.780 bits per heavy atom. The topological polar surface area (TPSA) is 168 Å². The van der Waals surface area contributed by atoms with Crippen LogP contribution in [0.3, 0.4) is 0 Å². The van der Waals surface area contributed by atoms with Crippen molar-refractivity contribution >= 4 is 23.6 Å². The molecule has 2 aromatic rings. The van der Waals surface area contributed by atoms with Crippen molar-refractivity contribution in [3.8, 4) is 0 Å². The minimum Gasteiger partial charge on any atom is -0.354 e. The van der Waals surface area contributed by atoms with Crippen LogP contribution in [-0.2, 0) is 32.0 Å². The Labute approximate surface area is 300 Å². The summed E-state index contributed by atoms with van der Waals surface area (Å²) in [7, 11) is 0. The minimum atomic E-state index is -0.708. The molecule has 0 bridgehead atoms. The van der Waals surface area contributed by atoms with Crippen molar-refractivity contribution in [2.45, 2.75) is 129 Å². The third-order valence-corrected chi connectivity index (χ3v) is 8.97. The number of unbranched alkanes of at least 4 members (excludes halogenated alkanes) is 9. The molecule has 0 saturated carbocycles. The number of benzene rings is 2. The first-order chi connectivity index (χ1) is 24.0. The summed E-state index contributed by atoms with van der Waals surface area (Å²) in [5, 5.41) is 11.7. The van der Waals surface area contributed by atoms with E-state index >= 15 is 0 Å². The predicted octanol–water partition coefficient (Wildman–Crippen LogP) is 4.54. The molecule has 0 aromatic heterocycles. The van der Waals surface area contributed by atoms with Gasteiger partial charge in [0.15, 0.2) is 0 Å². The fourth-order valence-corrected chi connectivity index (χ4v) is 5.82. The Morgan fingerprint density at radius 1 is 0.480 bits per heavy atom. The molecule has 4 amide bonds. The van der Waals surface area contributed by atoms with Crippen LogP contribution in [-0.4, -0.2) is 60.9 Å². The maximum atomic E-state index is 12.8. The molecule has 0 heterocycles. The molecule has 2 aromatic carbocycles. The van der Waals surface area contributed by atoms with Crippen LogP contribution in [0, 0.1) is 11.8 Å². The molecule has 0 aliphatic heterocycles. The normalized spacial score (nSPS) is 13.7. The van der Waals surface area contributed by atoms with E-state index in [4.69, 9.17) is 11.5 Å². The van der Waals surface area contributed by atoms with Gasteiger partial charge in [0, 0.05) is 13.1 Å². The quantitative estimate of drug-likeness (QED) is 0.0836. The second-order valence-corrected chi connectivity index (χ2v) is 14.2. The summed E-state index contributed by atoms with van der Waals surface area (Å²) >= 11 is 0. The molecule has 50 heavy (non-hydrogen) atoms. The standard InChI is InChI=1S/C40H64N6O4/c1-29(2)35(45-37(47)33(41)27-31-21-15-13-16-22-31)39(49)43-25-19-11-9-7-5-6-8-10-12-20-26-44-40(50)36(30(3)4)46-38(48)34(42)28-32-23-17-14-18-24-32/h13-18,21-24,29-30,33-36H,5-12,19-20,25-28,41-42H2,1-4H3,(H,43,49)(H,44,50)(H,45,47)(H,46,48)/t33-,34-,35-,36-/m0/s1. The van der Waals surface area contributed by atoms with Crippen LogP contribution in [0.5, 0.6) is 0 Å². The number of amides is 4. The summed E-state index contributed by atoms with van der Waals surface area (Å²) in [6, 6.07) is 16.6. The van der Waals surface area contributed by atoms with Gasteiger partial charge in [-0.05, 0) is 48.6 Å². The Bertz CT molecular complexity index is 1160. The van der Waals surface area contributed by atoms with Crippen molar-refractivity contribution in [1.82, 2.24) is 21.3 Å². The Balaban J connectivity index is 1.49. The van der Waals surface area contributed by atoms with E-state index in [0.717, 1.165) is 49.7 Å². The summed E-state index contributed by atoms with van der Waals surface area (Å²) in [5.74, 6) is -1.04. The Morgan fingerprint density at radius 3 is 1.08 bits per heavy atom. The zero-order chi connectivity index (χ0) is 36.7. The molecular formula is C40H64N6O4. The zero-order valence-corrected chi connectivity index (χ0v) is 30.9. The maximum absolute atomic E-state index is 12.8. The van der Waals surface area contributed by atoms with E-state index in [1.807, 2.05) is 88.4 Å². The molecule has 0 aliphatic rings. The van der Waals surface area contributed by atoms with Crippen LogP contribution in [0.15, 0.2) is 60.7 Å². The van der Waals surface area contributed by atoms with Gasteiger partial charge in [-0.25, -0.2) is 0 Å². The highest BCUT2D eigenvalue weighted by Gasteiger charge is 2.27. The first kappa shape index (κ1) is 42.4. The van der Waals surface area contributed by atoms with Crippen molar-refractivity contribution in [1.29, 1.82) is 0 Å². The lowest BCUT2D eigenvalue weighted by Gasteiger charge is -2.23. The van der Waals surface area contributed by atoms with Crippen molar-refractivity contribution in [2.24, 2.45) is 23.3 Å². The molecule has 0 saturated heterocycles. The summed E-state index contributed by atoms with van der Waals surface area (Å²) in [6.07, 6.45) is 11.8. The smallest absolute Gasteiger partial charge is 0.242 e. The van der Waals surface area contributed by atoms with Crippen molar-refractivity contribution in [3.05, 3.63) is 71.8 Å². The lowest BCUT2D eigenvalue weighted by atomic mass is 10.0. The first-order valence-corrected chi connectivity index (χ1v) is 18.7. The number of hydrogen-bond donors (Lipinski definition) is 6. The van der Waals surface area contributed by atoms with Crippen LogP contribution in [0.2, 0.25) is 0 Å². The molecule has 0 spiro atoms. The van der Waals surface area contributed by atoms with Crippen LogP contribution >= 0.6 is 0 Å². The molecule has 8 N–H and O–H groups in total. The first-order valence-electron chi connectivity index (χ1n) is 18.7. The molecule has 0 radical (unpaired) electrons. The molecule has 0 aliphatic carbocycles. The van der Waals surface area contributed by atoms with Gasteiger partial charge < -0.3 is 32.7 Å². The van der Waals surface area contributed by atoms with Gasteiger partial charge in [0.2, 0.25) is 23.6 Å². The van der Waals surface area contributed by atoms with Gasteiger partial charge in [0.1, 0.15) is 12.1 Å². The van der Waals surface area contributed by atoms with Gasteiger partial charge in [-0.2, -0.15) is 0 Å². The largest absolute Gasteiger partial charge is 0.354 e. The number of hydrogen-bond acceptors (Lipinski definition) is 6. The van der Waals surface area contributed by atoms with Crippen LogP contribution < -0.4 is 32.7 Å². The molecule has 2 rings (SSSR count). The maximum Gasteiger partial charge on any atom is 0.242 e. The Kier molecular flexibility index (Phi) is 20.7. The van der Waals surface area contributed by atoms with Crippen molar-refractivity contribution in [3.63, 3.8) is 0 Å². The molecule has 0 unspecified atom stereocenters. The third-order valence-electron chi connectivity index (χ3n) is 8.97. The zero-order valence-electron chi connectivity index (χ0n) is 30.9.